The number of nitrogens with one attached hydrogen (secondary N) is 1. The molecule has 0 saturated carbocycles. The van der Waals surface area contributed by atoms with E-state index in [1.165, 1.54) is 31.4 Å². The van der Waals surface area contributed by atoms with E-state index < -0.39 is 0 Å². The maximum atomic E-state index is 12.4. The van der Waals surface area contributed by atoms with E-state index in [0.717, 1.165) is 35.0 Å². The molecule has 3 aromatic rings. The van der Waals surface area contributed by atoms with Crippen LogP contribution in [0.5, 0.6) is 0 Å². The quantitative estimate of drug-likeness (QED) is 0.636. The molecular formula is C23H25N3OS. The van der Waals surface area contributed by atoms with Gasteiger partial charge in [0.05, 0.1) is 12.1 Å². The van der Waals surface area contributed by atoms with E-state index >= 15 is 0 Å². The number of hydrogen-bond acceptors (Lipinski definition) is 4. The summed E-state index contributed by atoms with van der Waals surface area (Å²) in [5.74, 6) is -0.0348. The van der Waals surface area contributed by atoms with Crippen LogP contribution in [0.25, 0.3) is 10.6 Å². The first-order valence-electron chi connectivity index (χ1n) is 9.93. The van der Waals surface area contributed by atoms with E-state index in [2.05, 4.69) is 27.3 Å². The first-order chi connectivity index (χ1) is 13.8. The van der Waals surface area contributed by atoms with Crippen LogP contribution in [0.3, 0.4) is 0 Å². The third-order valence-electron chi connectivity index (χ3n) is 5.04. The summed E-state index contributed by atoms with van der Waals surface area (Å²) in [4.78, 5) is 19.4. The fourth-order valence-electron chi connectivity index (χ4n) is 3.56. The Bertz CT molecular complexity index is 897. The highest BCUT2D eigenvalue weighted by atomic mass is 32.1. The molecule has 0 atom stereocenters. The minimum atomic E-state index is -0.0348. The first-order valence-corrected chi connectivity index (χ1v) is 10.8. The first kappa shape index (κ1) is 18.7. The van der Waals surface area contributed by atoms with Crippen molar-refractivity contribution in [3.8, 4) is 10.6 Å². The van der Waals surface area contributed by atoms with Crippen molar-refractivity contribution < 1.29 is 4.79 Å². The van der Waals surface area contributed by atoms with Crippen molar-refractivity contribution in [2.75, 3.05) is 23.3 Å². The van der Waals surface area contributed by atoms with Crippen molar-refractivity contribution in [2.24, 2.45) is 0 Å². The Morgan fingerprint density at radius 3 is 2.39 bits per heavy atom. The Morgan fingerprint density at radius 1 is 0.964 bits per heavy atom. The molecule has 0 aliphatic carbocycles. The second-order valence-electron chi connectivity index (χ2n) is 7.18. The fourth-order valence-corrected chi connectivity index (χ4v) is 4.38. The maximum absolute atomic E-state index is 12.4. The average molecular weight is 392 g/mol. The summed E-state index contributed by atoms with van der Waals surface area (Å²) in [6.07, 6.45) is 5.46. The van der Waals surface area contributed by atoms with Gasteiger partial charge in [0.15, 0.2) is 0 Å². The van der Waals surface area contributed by atoms with Crippen molar-refractivity contribution in [3.05, 3.63) is 65.7 Å². The van der Waals surface area contributed by atoms with Gasteiger partial charge in [0.25, 0.3) is 0 Å². The van der Waals surface area contributed by atoms with E-state index in [-0.39, 0.29) is 12.3 Å². The van der Waals surface area contributed by atoms with Gasteiger partial charge in [-0.15, -0.1) is 11.3 Å². The number of carbonyl (C=O) groups excluding carboxylic acids is 1. The van der Waals surface area contributed by atoms with E-state index in [0.29, 0.717) is 0 Å². The van der Waals surface area contributed by atoms with Gasteiger partial charge in [-0.1, -0.05) is 43.2 Å². The molecule has 0 spiro atoms. The summed E-state index contributed by atoms with van der Waals surface area (Å²) in [5, 5.41) is 5.90. The summed E-state index contributed by atoms with van der Waals surface area (Å²) < 4.78 is 0. The third kappa shape index (κ3) is 4.78. The van der Waals surface area contributed by atoms with E-state index in [9.17, 15) is 4.79 Å². The minimum Gasteiger partial charge on any atom is -0.372 e. The highest BCUT2D eigenvalue weighted by Crippen LogP contribution is 2.24. The second kappa shape index (κ2) is 9.02. The largest absolute Gasteiger partial charge is 0.372 e. The van der Waals surface area contributed by atoms with Gasteiger partial charge >= 0.3 is 0 Å². The van der Waals surface area contributed by atoms with Crippen LogP contribution in [0.1, 0.15) is 31.4 Å². The Hall–Kier alpha value is -2.66. The molecular weight excluding hydrogens is 366 g/mol. The van der Waals surface area contributed by atoms with Crippen LogP contribution >= 0.6 is 11.3 Å². The Morgan fingerprint density at radius 2 is 1.68 bits per heavy atom. The molecule has 1 amide bonds. The summed E-state index contributed by atoms with van der Waals surface area (Å²) in [7, 11) is 0. The normalized spacial score (nSPS) is 14.5. The third-order valence-corrected chi connectivity index (χ3v) is 5.98. The molecule has 1 fully saturated rings. The number of aromatic nitrogens is 1. The summed E-state index contributed by atoms with van der Waals surface area (Å²) in [5.41, 5.74) is 3.97. The highest BCUT2D eigenvalue weighted by Gasteiger charge is 2.11. The van der Waals surface area contributed by atoms with Gasteiger partial charge < -0.3 is 10.2 Å². The molecule has 4 rings (SSSR count). The van der Waals surface area contributed by atoms with Gasteiger partial charge in [-0.3, -0.25) is 4.79 Å². The van der Waals surface area contributed by atoms with Crippen LogP contribution in [0.2, 0.25) is 0 Å². The summed E-state index contributed by atoms with van der Waals surface area (Å²) in [6, 6.07) is 18.3. The van der Waals surface area contributed by atoms with E-state index in [1.54, 1.807) is 11.3 Å². The van der Waals surface area contributed by atoms with Gasteiger partial charge in [-0.25, -0.2) is 4.98 Å². The summed E-state index contributed by atoms with van der Waals surface area (Å²) in [6.45, 7) is 2.25. The lowest BCUT2D eigenvalue weighted by atomic mass is 10.2. The number of thiazole rings is 1. The van der Waals surface area contributed by atoms with E-state index in [1.807, 2.05) is 47.8 Å². The van der Waals surface area contributed by atoms with Crippen molar-refractivity contribution in [3.63, 3.8) is 0 Å². The monoisotopic (exact) mass is 391 g/mol. The van der Waals surface area contributed by atoms with Gasteiger partial charge in [-0.2, -0.15) is 0 Å². The van der Waals surface area contributed by atoms with Crippen molar-refractivity contribution in [1.82, 2.24) is 4.98 Å². The molecule has 2 heterocycles. The number of anilines is 2. The molecule has 144 valence electrons. The lowest BCUT2D eigenvalue weighted by Crippen LogP contribution is -2.23. The van der Waals surface area contributed by atoms with Crippen molar-refractivity contribution >= 4 is 28.6 Å². The van der Waals surface area contributed by atoms with Crippen LogP contribution < -0.4 is 10.2 Å². The molecule has 0 radical (unpaired) electrons. The number of benzene rings is 2. The number of rotatable bonds is 5. The van der Waals surface area contributed by atoms with Crippen LogP contribution in [0.15, 0.2) is 60.0 Å². The molecule has 0 unspecified atom stereocenters. The average Bonchev–Trinajstić information content (AvgIpc) is 3.01. The van der Waals surface area contributed by atoms with Gasteiger partial charge in [0, 0.05) is 35.4 Å². The molecule has 0 bridgehead atoms. The second-order valence-corrected chi connectivity index (χ2v) is 8.04. The van der Waals surface area contributed by atoms with Crippen molar-refractivity contribution in [1.29, 1.82) is 0 Å². The van der Waals surface area contributed by atoms with Crippen LogP contribution in [-0.4, -0.2) is 24.0 Å². The standard InChI is InChI=1S/C23H25N3OS/c27-22(16-20-17-28-23(25-20)18-8-4-3-5-9-18)24-19-10-12-21(13-11-19)26-14-6-1-2-7-15-26/h3-5,8-13,17H,1-2,6-7,14-16H2,(H,24,27). The maximum Gasteiger partial charge on any atom is 0.230 e. The lowest BCUT2D eigenvalue weighted by molar-refractivity contribution is -0.115. The number of hydrogen-bond donors (Lipinski definition) is 1. The molecule has 1 saturated heterocycles. The van der Waals surface area contributed by atoms with Crippen molar-refractivity contribution in [2.45, 2.75) is 32.1 Å². The van der Waals surface area contributed by atoms with Crippen LogP contribution in [-0.2, 0) is 11.2 Å². The molecule has 1 aromatic heterocycles. The molecule has 2 aromatic carbocycles. The fraction of sp³-hybridized carbons (Fsp3) is 0.304. The Labute approximate surface area is 170 Å². The van der Waals surface area contributed by atoms with Gasteiger partial charge in [0.1, 0.15) is 5.01 Å². The van der Waals surface area contributed by atoms with E-state index in [4.69, 9.17) is 0 Å². The number of carbonyl (C=O) groups is 1. The van der Waals surface area contributed by atoms with Crippen LogP contribution in [0, 0.1) is 0 Å². The molecule has 4 nitrogen and oxygen atoms in total. The number of nitrogens with zero attached hydrogens (tertiary/aromatic N) is 2. The van der Waals surface area contributed by atoms with Crippen LogP contribution in [0.4, 0.5) is 11.4 Å². The van der Waals surface area contributed by atoms with Gasteiger partial charge in [0.2, 0.25) is 5.91 Å². The molecule has 1 aliphatic heterocycles. The zero-order valence-corrected chi connectivity index (χ0v) is 16.8. The highest BCUT2D eigenvalue weighted by molar-refractivity contribution is 7.13. The topological polar surface area (TPSA) is 45.2 Å². The molecule has 1 N–H and O–H groups in total. The summed E-state index contributed by atoms with van der Waals surface area (Å²) >= 11 is 1.57. The predicted molar refractivity (Wildman–Crippen MR) is 117 cm³/mol. The minimum absolute atomic E-state index is 0.0348. The predicted octanol–water partition coefficient (Wildman–Crippen LogP) is 5.37. The zero-order chi connectivity index (χ0) is 19.2. The lowest BCUT2D eigenvalue weighted by Gasteiger charge is -2.22. The Balaban J connectivity index is 1.34. The smallest absolute Gasteiger partial charge is 0.230 e. The van der Waals surface area contributed by atoms with Gasteiger partial charge in [-0.05, 0) is 37.1 Å². The zero-order valence-electron chi connectivity index (χ0n) is 15.9. The number of amides is 1. The molecule has 1 aliphatic rings. The molecule has 5 heteroatoms. The SMILES string of the molecule is O=C(Cc1csc(-c2ccccc2)n1)Nc1ccc(N2CCCCCC2)cc1. The Kier molecular flexibility index (Phi) is 6.02. The molecule has 28 heavy (non-hydrogen) atoms.